The summed E-state index contributed by atoms with van der Waals surface area (Å²) in [6.07, 6.45) is 1.79. The van der Waals surface area contributed by atoms with Gasteiger partial charge in [0, 0.05) is 18.0 Å². The number of piperidine rings is 1. The van der Waals surface area contributed by atoms with Crippen LogP contribution in [0.15, 0.2) is 16.3 Å². The third kappa shape index (κ3) is 3.20. The highest BCUT2D eigenvalue weighted by Crippen LogP contribution is 2.29. The predicted octanol–water partition coefficient (Wildman–Crippen LogP) is 2.59. The van der Waals surface area contributed by atoms with Crippen LogP contribution in [0.5, 0.6) is 0 Å². The lowest BCUT2D eigenvalue weighted by molar-refractivity contribution is 0.176. The normalized spacial score (nSPS) is 18.8. The van der Waals surface area contributed by atoms with E-state index in [0.29, 0.717) is 4.90 Å². The average molecular weight is 337 g/mol. The Labute approximate surface area is 130 Å². The third-order valence-electron chi connectivity index (χ3n) is 4.00. The minimum absolute atomic E-state index is 0.0888. The topological polar surface area (TPSA) is 40.6 Å². The molecule has 114 valence electrons. The lowest BCUT2D eigenvalue weighted by Gasteiger charge is -2.35. The van der Waals surface area contributed by atoms with E-state index in [1.165, 1.54) is 15.6 Å². The molecule has 0 atom stereocenters. The van der Waals surface area contributed by atoms with E-state index < -0.39 is 10.0 Å². The number of nitrogens with zero attached hydrogens (tertiary/aromatic N) is 2. The maximum Gasteiger partial charge on any atom is 0.244 e. The van der Waals surface area contributed by atoms with Crippen LogP contribution >= 0.6 is 22.9 Å². The minimum atomic E-state index is -3.42. The van der Waals surface area contributed by atoms with Gasteiger partial charge in [0.1, 0.15) is 0 Å². The number of thiophene rings is 1. The number of likely N-dealkylation sites (tertiary alicyclic amines) is 1. The van der Waals surface area contributed by atoms with Crippen molar-refractivity contribution >= 4 is 33.0 Å². The maximum absolute atomic E-state index is 12.7. The summed E-state index contributed by atoms with van der Waals surface area (Å²) in [5.41, 5.74) is 0. The zero-order chi connectivity index (χ0) is 14.8. The van der Waals surface area contributed by atoms with Crippen LogP contribution in [-0.2, 0) is 15.9 Å². The molecule has 1 aromatic rings. The Bertz CT molecular complexity index is 536. The van der Waals surface area contributed by atoms with Gasteiger partial charge in [-0.3, -0.25) is 0 Å². The van der Waals surface area contributed by atoms with Crippen molar-refractivity contribution in [2.75, 3.05) is 26.7 Å². The van der Waals surface area contributed by atoms with Crippen LogP contribution in [0.3, 0.4) is 0 Å². The first-order valence-corrected chi connectivity index (χ1v) is 9.68. The zero-order valence-electron chi connectivity index (χ0n) is 11.9. The Morgan fingerprint density at radius 1 is 1.45 bits per heavy atom. The van der Waals surface area contributed by atoms with E-state index in [4.69, 9.17) is 11.6 Å². The van der Waals surface area contributed by atoms with Crippen LogP contribution in [0.1, 0.15) is 24.6 Å². The van der Waals surface area contributed by atoms with Gasteiger partial charge in [0.05, 0.1) is 10.8 Å². The van der Waals surface area contributed by atoms with Crippen LogP contribution in [0, 0.1) is 0 Å². The van der Waals surface area contributed by atoms with Gasteiger partial charge in [0.25, 0.3) is 0 Å². The van der Waals surface area contributed by atoms with Crippen molar-refractivity contribution in [3.63, 3.8) is 0 Å². The maximum atomic E-state index is 12.7. The molecule has 0 N–H and O–H groups in total. The van der Waals surface area contributed by atoms with Crippen molar-refractivity contribution in [2.45, 2.75) is 36.6 Å². The number of sulfonamides is 1. The fourth-order valence-corrected chi connectivity index (χ4v) is 5.69. The predicted molar refractivity (Wildman–Crippen MR) is 84.0 cm³/mol. The van der Waals surface area contributed by atoms with Crippen molar-refractivity contribution in [3.05, 3.63) is 16.3 Å². The minimum Gasteiger partial charge on any atom is -0.303 e. The molecule has 1 aliphatic rings. The van der Waals surface area contributed by atoms with Crippen molar-refractivity contribution < 1.29 is 8.42 Å². The van der Waals surface area contributed by atoms with E-state index in [-0.39, 0.29) is 11.9 Å². The summed E-state index contributed by atoms with van der Waals surface area (Å²) in [5, 5.41) is 1.79. The summed E-state index contributed by atoms with van der Waals surface area (Å²) >= 11 is 7.23. The molecule has 0 radical (unpaired) electrons. The van der Waals surface area contributed by atoms with Crippen molar-refractivity contribution in [2.24, 2.45) is 0 Å². The van der Waals surface area contributed by atoms with Gasteiger partial charge in [-0.05, 0) is 43.9 Å². The largest absolute Gasteiger partial charge is 0.303 e. The molecule has 1 aromatic heterocycles. The van der Waals surface area contributed by atoms with E-state index in [1.54, 1.807) is 18.5 Å². The van der Waals surface area contributed by atoms with Gasteiger partial charge in [-0.25, -0.2) is 8.42 Å². The monoisotopic (exact) mass is 336 g/mol. The molecule has 2 rings (SSSR count). The van der Waals surface area contributed by atoms with Crippen LogP contribution in [-0.4, -0.2) is 50.3 Å². The van der Waals surface area contributed by atoms with Crippen LogP contribution in [0.2, 0.25) is 0 Å². The summed E-state index contributed by atoms with van der Waals surface area (Å²) < 4.78 is 26.9. The number of hydrogen-bond acceptors (Lipinski definition) is 4. The van der Waals surface area contributed by atoms with Crippen LogP contribution < -0.4 is 0 Å². The molecule has 0 bridgehead atoms. The summed E-state index contributed by atoms with van der Waals surface area (Å²) in [5.74, 6) is 0.244. The van der Waals surface area contributed by atoms with Gasteiger partial charge < -0.3 is 4.90 Å². The first-order valence-electron chi connectivity index (χ1n) is 6.83. The Kier molecular flexibility index (Phi) is 5.48. The van der Waals surface area contributed by atoms with E-state index in [9.17, 15) is 8.42 Å². The Morgan fingerprint density at radius 2 is 2.10 bits per heavy atom. The van der Waals surface area contributed by atoms with E-state index in [2.05, 4.69) is 11.8 Å². The second-order valence-corrected chi connectivity index (χ2v) is 8.26. The first-order chi connectivity index (χ1) is 9.50. The van der Waals surface area contributed by atoms with Gasteiger partial charge in [-0.1, -0.05) is 6.92 Å². The summed E-state index contributed by atoms with van der Waals surface area (Å²) in [6.45, 7) is 5.10. The molecular weight excluding hydrogens is 316 g/mol. The lowest BCUT2D eigenvalue weighted by atomic mass is 10.1. The number of alkyl halides is 1. The van der Waals surface area contributed by atoms with Crippen LogP contribution in [0.25, 0.3) is 0 Å². The quantitative estimate of drug-likeness (QED) is 0.776. The van der Waals surface area contributed by atoms with E-state index in [1.807, 2.05) is 0 Å². The summed E-state index contributed by atoms with van der Waals surface area (Å²) in [7, 11) is -1.73. The lowest BCUT2D eigenvalue weighted by Crippen LogP contribution is -2.45. The van der Waals surface area contributed by atoms with E-state index >= 15 is 0 Å². The second-order valence-electron chi connectivity index (χ2n) is 5.03. The van der Waals surface area contributed by atoms with Gasteiger partial charge >= 0.3 is 0 Å². The SMILES string of the molecule is CCN1CCC(N(C)S(=O)(=O)c2ccsc2CCl)CC1. The van der Waals surface area contributed by atoms with Crippen molar-refractivity contribution in [1.29, 1.82) is 0 Å². The average Bonchev–Trinajstić information content (AvgIpc) is 2.95. The molecule has 1 fully saturated rings. The van der Waals surface area contributed by atoms with Gasteiger partial charge in [0.15, 0.2) is 0 Å². The molecule has 4 nitrogen and oxygen atoms in total. The molecule has 0 saturated carbocycles. The van der Waals surface area contributed by atoms with Crippen molar-refractivity contribution in [1.82, 2.24) is 9.21 Å². The smallest absolute Gasteiger partial charge is 0.244 e. The molecular formula is C13H21ClN2O2S2. The highest BCUT2D eigenvalue weighted by atomic mass is 35.5. The molecule has 1 aliphatic heterocycles. The Balaban J connectivity index is 2.14. The van der Waals surface area contributed by atoms with Crippen LogP contribution in [0.4, 0.5) is 0 Å². The summed E-state index contributed by atoms with van der Waals surface area (Å²) in [6, 6.07) is 1.75. The molecule has 0 amide bonds. The Hall–Kier alpha value is -0.140. The highest BCUT2D eigenvalue weighted by Gasteiger charge is 2.32. The van der Waals surface area contributed by atoms with Gasteiger partial charge in [0.2, 0.25) is 10.0 Å². The molecule has 0 aromatic carbocycles. The highest BCUT2D eigenvalue weighted by molar-refractivity contribution is 7.89. The fourth-order valence-electron chi connectivity index (χ4n) is 2.61. The molecule has 7 heteroatoms. The summed E-state index contributed by atoms with van der Waals surface area (Å²) in [4.78, 5) is 3.45. The molecule has 0 spiro atoms. The molecule has 0 aliphatic carbocycles. The molecule has 0 unspecified atom stereocenters. The second kappa shape index (κ2) is 6.75. The van der Waals surface area contributed by atoms with Gasteiger partial charge in [-0.15, -0.1) is 22.9 Å². The standard InChI is InChI=1S/C13H21ClN2O2S2/c1-3-16-7-4-11(5-8-16)15(2)20(17,18)13-6-9-19-12(13)10-14/h6,9,11H,3-5,7-8,10H2,1-2H3. The number of hydrogen-bond donors (Lipinski definition) is 0. The molecule has 2 heterocycles. The van der Waals surface area contributed by atoms with Gasteiger partial charge in [-0.2, -0.15) is 4.31 Å². The number of halogens is 1. The molecule has 20 heavy (non-hydrogen) atoms. The van der Waals surface area contributed by atoms with Crippen molar-refractivity contribution in [3.8, 4) is 0 Å². The Morgan fingerprint density at radius 3 is 2.65 bits per heavy atom. The number of rotatable bonds is 5. The zero-order valence-corrected chi connectivity index (χ0v) is 14.3. The molecule has 1 saturated heterocycles. The first kappa shape index (κ1) is 16.2. The third-order valence-corrected chi connectivity index (χ3v) is 7.47. The fraction of sp³-hybridized carbons (Fsp3) is 0.692. The van der Waals surface area contributed by atoms with E-state index in [0.717, 1.165) is 37.4 Å².